The Labute approximate surface area is 122 Å². The second-order valence-electron chi connectivity index (χ2n) is 5.29. The Morgan fingerprint density at radius 1 is 1.38 bits per heavy atom. The second-order valence-corrected chi connectivity index (χ2v) is 5.29. The molecule has 1 aromatic carbocycles. The molecule has 1 aliphatic heterocycles. The van der Waals surface area contributed by atoms with Gasteiger partial charge in [-0.25, -0.2) is 0 Å². The largest absolute Gasteiger partial charge is 0.406 e. The summed E-state index contributed by atoms with van der Waals surface area (Å²) in [6.07, 6.45) is -2.61. The third-order valence-corrected chi connectivity index (χ3v) is 3.53. The molecule has 1 heterocycles. The van der Waals surface area contributed by atoms with Crippen LogP contribution in [-0.2, 0) is 11.2 Å². The predicted octanol–water partition coefficient (Wildman–Crippen LogP) is 3.21. The molecule has 1 atom stereocenters. The van der Waals surface area contributed by atoms with Gasteiger partial charge in [0.05, 0.1) is 0 Å². The van der Waals surface area contributed by atoms with Crippen LogP contribution in [0.25, 0.3) is 0 Å². The van der Waals surface area contributed by atoms with Crippen LogP contribution in [0.3, 0.4) is 0 Å². The lowest BCUT2D eigenvalue weighted by Crippen LogP contribution is -2.46. The molecule has 0 spiro atoms. The number of carbonyl (C=O) groups is 1. The number of amides is 1. The average Bonchev–Trinajstić information content (AvgIpc) is 2.85. The van der Waals surface area contributed by atoms with E-state index in [4.69, 9.17) is 0 Å². The first-order valence-corrected chi connectivity index (χ1v) is 7.10. The van der Waals surface area contributed by atoms with E-state index in [9.17, 15) is 18.0 Å². The average molecular weight is 300 g/mol. The molecule has 0 aliphatic carbocycles. The molecule has 116 valence electrons. The van der Waals surface area contributed by atoms with Gasteiger partial charge in [0.25, 0.3) is 0 Å². The van der Waals surface area contributed by atoms with Crippen LogP contribution in [0.4, 0.5) is 18.9 Å². The molecule has 0 radical (unpaired) electrons. The van der Waals surface area contributed by atoms with E-state index in [-0.39, 0.29) is 6.54 Å². The molecule has 1 unspecified atom stereocenters. The van der Waals surface area contributed by atoms with Crippen LogP contribution < -0.4 is 5.32 Å². The first-order valence-electron chi connectivity index (χ1n) is 7.10. The van der Waals surface area contributed by atoms with E-state index in [1.807, 2.05) is 31.2 Å². The molecule has 0 saturated carbocycles. The molecule has 0 bridgehead atoms. The van der Waals surface area contributed by atoms with Gasteiger partial charge in [-0.3, -0.25) is 4.79 Å². The summed E-state index contributed by atoms with van der Waals surface area (Å²) >= 11 is 0. The Bertz CT molecular complexity index is 477. The summed E-state index contributed by atoms with van der Waals surface area (Å²) in [5.41, 5.74) is 1.80. The van der Waals surface area contributed by atoms with Gasteiger partial charge in [-0.1, -0.05) is 31.5 Å². The van der Waals surface area contributed by atoms with Crippen molar-refractivity contribution < 1.29 is 18.0 Å². The number of para-hydroxylation sites is 1. The molecule has 0 aromatic heterocycles. The minimum absolute atomic E-state index is 0.142. The zero-order valence-electron chi connectivity index (χ0n) is 11.9. The number of nitrogens with one attached hydrogen (secondary N) is 1. The first-order chi connectivity index (χ1) is 9.90. The van der Waals surface area contributed by atoms with E-state index < -0.39 is 24.7 Å². The maximum atomic E-state index is 12.6. The molecule has 6 heteroatoms. The molecule has 1 N–H and O–H groups in total. The number of benzene rings is 1. The Morgan fingerprint density at radius 3 is 2.71 bits per heavy atom. The van der Waals surface area contributed by atoms with Crippen molar-refractivity contribution in [3.63, 3.8) is 0 Å². The lowest BCUT2D eigenvalue weighted by molar-refractivity contribution is -0.161. The van der Waals surface area contributed by atoms with Crippen molar-refractivity contribution in [2.24, 2.45) is 0 Å². The number of fused-ring (bicyclic) bond motifs is 1. The van der Waals surface area contributed by atoms with E-state index in [0.29, 0.717) is 12.8 Å². The maximum Gasteiger partial charge on any atom is 0.406 e. The van der Waals surface area contributed by atoms with Crippen molar-refractivity contribution in [2.75, 3.05) is 18.4 Å². The Hall–Kier alpha value is -1.72. The van der Waals surface area contributed by atoms with Gasteiger partial charge in [0.1, 0.15) is 12.6 Å². The summed E-state index contributed by atoms with van der Waals surface area (Å²) in [4.78, 5) is 13.3. The van der Waals surface area contributed by atoms with Gasteiger partial charge < -0.3 is 10.2 Å². The molecule has 3 nitrogen and oxygen atoms in total. The summed E-state index contributed by atoms with van der Waals surface area (Å²) in [5.74, 6) is -0.475. The Kier molecular flexibility index (Phi) is 4.75. The lowest BCUT2D eigenvalue weighted by Gasteiger charge is -2.26. The third-order valence-electron chi connectivity index (χ3n) is 3.53. The fraction of sp³-hybridized carbons (Fsp3) is 0.533. The van der Waals surface area contributed by atoms with E-state index in [2.05, 4.69) is 5.32 Å². The zero-order chi connectivity index (χ0) is 15.5. The molecular weight excluding hydrogens is 281 g/mol. The van der Waals surface area contributed by atoms with Crippen molar-refractivity contribution >= 4 is 11.6 Å². The lowest BCUT2D eigenvalue weighted by atomic mass is 10.1. The Morgan fingerprint density at radius 2 is 2.10 bits per heavy atom. The van der Waals surface area contributed by atoms with Crippen LogP contribution >= 0.6 is 0 Å². The number of anilines is 1. The number of alkyl halides is 3. The minimum Gasteiger partial charge on any atom is -0.373 e. The van der Waals surface area contributed by atoms with Crippen LogP contribution in [-0.4, -0.2) is 36.1 Å². The number of halogens is 3. The highest BCUT2D eigenvalue weighted by Gasteiger charge is 2.36. The van der Waals surface area contributed by atoms with Gasteiger partial charge in [0.15, 0.2) is 0 Å². The summed E-state index contributed by atoms with van der Waals surface area (Å²) in [6, 6.07) is 6.82. The van der Waals surface area contributed by atoms with Gasteiger partial charge in [-0.05, 0) is 18.1 Å². The van der Waals surface area contributed by atoms with E-state index >= 15 is 0 Å². The number of rotatable bonds is 5. The van der Waals surface area contributed by atoms with Crippen molar-refractivity contribution in [1.82, 2.24) is 4.90 Å². The van der Waals surface area contributed by atoms with Crippen LogP contribution in [0.5, 0.6) is 0 Å². The number of hydrogen-bond donors (Lipinski definition) is 1. The zero-order valence-corrected chi connectivity index (χ0v) is 11.9. The number of unbranched alkanes of at least 4 members (excludes halogenated alkanes) is 1. The third kappa shape index (κ3) is 4.12. The van der Waals surface area contributed by atoms with Crippen LogP contribution in [0, 0.1) is 0 Å². The van der Waals surface area contributed by atoms with Gasteiger partial charge in [-0.15, -0.1) is 0 Å². The molecule has 1 amide bonds. The molecule has 0 fully saturated rings. The number of carbonyl (C=O) groups excluding carboxylic acids is 1. The first kappa shape index (κ1) is 15.7. The summed E-state index contributed by atoms with van der Waals surface area (Å²) in [7, 11) is 0. The molecular formula is C15H19F3N2O. The van der Waals surface area contributed by atoms with Gasteiger partial charge in [0, 0.05) is 18.7 Å². The van der Waals surface area contributed by atoms with E-state index in [0.717, 1.165) is 22.6 Å². The quantitative estimate of drug-likeness (QED) is 0.905. The van der Waals surface area contributed by atoms with Crippen molar-refractivity contribution in [1.29, 1.82) is 0 Å². The number of hydrogen-bond acceptors (Lipinski definition) is 2. The van der Waals surface area contributed by atoms with Gasteiger partial charge in [-0.2, -0.15) is 13.2 Å². The highest BCUT2D eigenvalue weighted by atomic mass is 19.4. The second kappa shape index (κ2) is 6.37. The summed E-state index contributed by atoms with van der Waals surface area (Å²) < 4.78 is 37.9. The topological polar surface area (TPSA) is 32.3 Å². The molecule has 0 saturated heterocycles. The normalized spacial score (nSPS) is 17.2. The SMILES string of the molecule is CCCCN(CC(F)(F)F)C(=O)C1Cc2ccccc2N1. The molecule has 21 heavy (non-hydrogen) atoms. The highest BCUT2D eigenvalue weighted by molar-refractivity contribution is 5.87. The summed E-state index contributed by atoms with van der Waals surface area (Å²) in [6.45, 7) is 0.851. The Balaban J connectivity index is 2.05. The van der Waals surface area contributed by atoms with Gasteiger partial charge >= 0.3 is 6.18 Å². The van der Waals surface area contributed by atoms with E-state index in [1.54, 1.807) is 0 Å². The van der Waals surface area contributed by atoms with Crippen molar-refractivity contribution in [3.05, 3.63) is 29.8 Å². The minimum atomic E-state index is -4.37. The molecule has 2 rings (SSSR count). The van der Waals surface area contributed by atoms with Crippen LogP contribution in [0.2, 0.25) is 0 Å². The monoisotopic (exact) mass is 300 g/mol. The van der Waals surface area contributed by atoms with Gasteiger partial charge in [0.2, 0.25) is 5.91 Å². The molecule has 1 aliphatic rings. The highest BCUT2D eigenvalue weighted by Crippen LogP contribution is 2.27. The van der Waals surface area contributed by atoms with Crippen molar-refractivity contribution in [3.8, 4) is 0 Å². The maximum absolute atomic E-state index is 12.6. The standard InChI is InChI=1S/C15H19F3N2O/c1-2-3-8-20(10-15(16,17)18)14(21)13-9-11-6-4-5-7-12(11)19-13/h4-7,13,19H,2-3,8-10H2,1H3. The summed E-state index contributed by atoms with van der Waals surface area (Å²) in [5, 5.41) is 3.02. The van der Waals surface area contributed by atoms with Crippen LogP contribution in [0.1, 0.15) is 25.3 Å². The van der Waals surface area contributed by atoms with Crippen molar-refractivity contribution in [2.45, 2.75) is 38.4 Å². The van der Waals surface area contributed by atoms with E-state index in [1.165, 1.54) is 0 Å². The molecule has 1 aromatic rings. The van der Waals surface area contributed by atoms with Crippen LogP contribution in [0.15, 0.2) is 24.3 Å². The number of nitrogens with zero attached hydrogens (tertiary/aromatic N) is 1. The fourth-order valence-electron chi connectivity index (χ4n) is 2.50. The predicted molar refractivity (Wildman–Crippen MR) is 75.1 cm³/mol. The fourth-order valence-corrected chi connectivity index (χ4v) is 2.50. The smallest absolute Gasteiger partial charge is 0.373 e.